The predicted molar refractivity (Wildman–Crippen MR) is 58.3 cm³/mol. The van der Waals surface area contributed by atoms with Crippen molar-refractivity contribution in [2.24, 2.45) is 0 Å². The van der Waals surface area contributed by atoms with Crippen LogP contribution in [0.15, 0.2) is 29.8 Å². The Hall–Kier alpha value is -1.37. The molecule has 1 aromatic carbocycles. The van der Waals surface area contributed by atoms with Crippen molar-refractivity contribution in [3.63, 3.8) is 0 Å². The predicted octanol–water partition coefficient (Wildman–Crippen LogP) is 3.46. The van der Waals surface area contributed by atoms with Crippen LogP contribution in [0.1, 0.15) is 42.6 Å². The Morgan fingerprint density at radius 2 is 1.50 bits per heavy atom. The van der Waals surface area contributed by atoms with E-state index in [1.165, 1.54) is 5.57 Å². The highest BCUT2D eigenvalue weighted by atomic mass is 16.1. The molecule has 0 aromatic heterocycles. The molecule has 0 aliphatic heterocycles. The van der Waals surface area contributed by atoms with Crippen molar-refractivity contribution in [3.05, 3.63) is 41.0 Å². The van der Waals surface area contributed by atoms with Crippen molar-refractivity contribution >= 4 is 11.4 Å². The molecular weight excluding hydrogens is 172 g/mol. The molecule has 0 spiro atoms. The minimum atomic E-state index is 0.236. The largest absolute Gasteiger partial charge is 0.289 e. The maximum absolute atomic E-state index is 11.9. The summed E-state index contributed by atoms with van der Waals surface area (Å²) in [4.78, 5) is 11.9. The highest BCUT2D eigenvalue weighted by Crippen LogP contribution is 2.35. The van der Waals surface area contributed by atoms with Gasteiger partial charge in [0.1, 0.15) is 0 Å². The summed E-state index contributed by atoms with van der Waals surface area (Å²) in [6.07, 6.45) is 1.79. The molecule has 0 fully saturated rings. The van der Waals surface area contributed by atoms with E-state index in [1.54, 1.807) is 0 Å². The van der Waals surface area contributed by atoms with Gasteiger partial charge in [0, 0.05) is 11.1 Å². The van der Waals surface area contributed by atoms with Gasteiger partial charge in [0.05, 0.1) is 0 Å². The zero-order chi connectivity index (χ0) is 10.1. The lowest BCUT2D eigenvalue weighted by atomic mass is 10.0. The summed E-state index contributed by atoms with van der Waals surface area (Å²) in [5.74, 6) is 0.236. The summed E-state index contributed by atoms with van der Waals surface area (Å²) in [6, 6.07) is 7.91. The van der Waals surface area contributed by atoms with E-state index in [0.717, 1.165) is 29.5 Å². The van der Waals surface area contributed by atoms with Gasteiger partial charge in [0.25, 0.3) is 0 Å². The highest BCUT2D eigenvalue weighted by Gasteiger charge is 2.26. The molecule has 0 saturated heterocycles. The zero-order valence-electron chi connectivity index (χ0n) is 8.63. The van der Waals surface area contributed by atoms with Crippen molar-refractivity contribution in [3.8, 4) is 0 Å². The number of rotatable bonds is 2. The molecule has 0 bridgehead atoms. The number of Topliss-reactive ketones (excluding diaryl/α,β-unsaturated/α-hetero) is 1. The molecular formula is C13H14O. The van der Waals surface area contributed by atoms with Crippen molar-refractivity contribution in [2.45, 2.75) is 26.7 Å². The normalized spacial score (nSPS) is 14.9. The van der Waals surface area contributed by atoms with Crippen LogP contribution in [-0.2, 0) is 0 Å². The standard InChI is InChI=1S/C13H14O/c1-3-9-10(4-2)13(14)12-8-6-5-7-11(9)12/h5-8H,3-4H2,1-2H3. The molecule has 0 heterocycles. The fraction of sp³-hybridized carbons (Fsp3) is 0.308. The van der Waals surface area contributed by atoms with Crippen molar-refractivity contribution in [1.29, 1.82) is 0 Å². The Balaban J connectivity index is 2.63. The average molecular weight is 186 g/mol. The Bertz CT molecular complexity index is 413. The number of fused-ring (bicyclic) bond motifs is 1. The lowest BCUT2D eigenvalue weighted by Gasteiger charge is -2.01. The first kappa shape index (κ1) is 9.20. The molecule has 0 atom stereocenters. The molecule has 0 radical (unpaired) electrons. The summed E-state index contributed by atoms with van der Waals surface area (Å²) in [6.45, 7) is 4.16. The van der Waals surface area contributed by atoms with Gasteiger partial charge >= 0.3 is 0 Å². The molecule has 2 rings (SSSR count). The second-order valence-corrected chi connectivity index (χ2v) is 3.54. The van der Waals surface area contributed by atoms with Crippen LogP contribution < -0.4 is 0 Å². The van der Waals surface area contributed by atoms with Gasteiger partial charge < -0.3 is 0 Å². The lowest BCUT2D eigenvalue weighted by Crippen LogP contribution is -1.96. The van der Waals surface area contributed by atoms with E-state index in [4.69, 9.17) is 0 Å². The minimum Gasteiger partial charge on any atom is -0.289 e. The van der Waals surface area contributed by atoms with Crippen LogP contribution >= 0.6 is 0 Å². The van der Waals surface area contributed by atoms with Gasteiger partial charge in [-0.3, -0.25) is 4.79 Å². The number of carbonyl (C=O) groups excluding carboxylic acids is 1. The molecule has 1 aliphatic rings. The van der Waals surface area contributed by atoms with Crippen LogP contribution in [0, 0.1) is 0 Å². The smallest absolute Gasteiger partial charge is 0.189 e. The van der Waals surface area contributed by atoms with Crippen LogP contribution in [0.25, 0.3) is 5.57 Å². The van der Waals surface area contributed by atoms with Gasteiger partial charge in [-0.2, -0.15) is 0 Å². The molecule has 0 amide bonds. The third-order valence-corrected chi connectivity index (χ3v) is 2.84. The van der Waals surface area contributed by atoms with Crippen LogP contribution in [-0.4, -0.2) is 5.78 Å². The fourth-order valence-electron chi connectivity index (χ4n) is 2.18. The minimum absolute atomic E-state index is 0.236. The Morgan fingerprint density at radius 3 is 2.07 bits per heavy atom. The second kappa shape index (κ2) is 3.41. The molecule has 1 heteroatoms. The number of ketones is 1. The van der Waals surface area contributed by atoms with E-state index < -0.39 is 0 Å². The van der Waals surface area contributed by atoms with Gasteiger partial charge in [-0.15, -0.1) is 0 Å². The van der Waals surface area contributed by atoms with E-state index >= 15 is 0 Å². The van der Waals surface area contributed by atoms with E-state index in [-0.39, 0.29) is 5.78 Å². The summed E-state index contributed by atoms with van der Waals surface area (Å²) in [5, 5.41) is 0. The summed E-state index contributed by atoms with van der Waals surface area (Å²) in [7, 11) is 0. The molecule has 1 nitrogen and oxygen atoms in total. The molecule has 0 saturated carbocycles. The van der Waals surface area contributed by atoms with E-state index in [0.29, 0.717) is 0 Å². The molecule has 1 aromatic rings. The van der Waals surface area contributed by atoms with Gasteiger partial charge in [0.2, 0.25) is 0 Å². The first-order valence-electron chi connectivity index (χ1n) is 5.15. The van der Waals surface area contributed by atoms with Gasteiger partial charge in [-0.05, 0) is 24.0 Å². The van der Waals surface area contributed by atoms with Crippen molar-refractivity contribution < 1.29 is 4.79 Å². The topological polar surface area (TPSA) is 17.1 Å². The van der Waals surface area contributed by atoms with Crippen molar-refractivity contribution in [1.82, 2.24) is 0 Å². The van der Waals surface area contributed by atoms with Gasteiger partial charge in [-0.1, -0.05) is 38.1 Å². The molecule has 1 aliphatic carbocycles. The van der Waals surface area contributed by atoms with Crippen LogP contribution in [0.5, 0.6) is 0 Å². The van der Waals surface area contributed by atoms with Gasteiger partial charge in [-0.25, -0.2) is 0 Å². The monoisotopic (exact) mass is 186 g/mol. The third kappa shape index (κ3) is 1.12. The SMILES string of the molecule is CCC1=C(CC)c2ccccc2C1=O. The Morgan fingerprint density at radius 1 is 0.929 bits per heavy atom. The lowest BCUT2D eigenvalue weighted by molar-refractivity contribution is 0.103. The van der Waals surface area contributed by atoms with Crippen molar-refractivity contribution in [2.75, 3.05) is 0 Å². The van der Waals surface area contributed by atoms with Crippen LogP contribution in [0.4, 0.5) is 0 Å². The summed E-state index contributed by atoms with van der Waals surface area (Å²) < 4.78 is 0. The number of hydrogen-bond acceptors (Lipinski definition) is 1. The third-order valence-electron chi connectivity index (χ3n) is 2.84. The molecule has 0 N–H and O–H groups in total. The summed E-state index contributed by atoms with van der Waals surface area (Å²) >= 11 is 0. The average Bonchev–Trinajstić information content (AvgIpc) is 2.51. The molecule has 72 valence electrons. The quantitative estimate of drug-likeness (QED) is 0.691. The Kier molecular flexibility index (Phi) is 2.24. The maximum Gasteiger partial charge on any atom is 0.189 e. The molecule has 0 unspecified atom stereocenters. The fourth-order valence-corrected chi connectivity index (χ4v) is 2.18. The Labute approximate surface area is 84.5 Å². The van der Waals surface area contributed by atoms with E-state index in [9.17, 15) is 4.79 Å². The van der Waals surface area contributed by atoms with Crippen LogP contribution in [0.2, 0.25) is 0 Å². The number of benzene rings is 1. The maximum atomic E-state index is 11.9. The number of allylic oxidation sites excluding steroid dienone is 2. The summed E-state index contributed by atoms with van der Waals surface area (Å²) in [5.41, 5.74) is 4.29. The van der Waals surface area contributed by atoms with Crippen LogP contribution in [0.3, 0.4) is 0 Å². The first-order chi connectivity index (χ1) is 6.79. The van der Waals surface area contributed by atoms with E-state index in [1.807, 2.05) is 18.2 Å². The van der Waals surface area contributed by atoms with E-state index in [2.05, 4.69) is 19.9 Å². The molecule has 14 heavy (non-hydrogen) atoms. The zero-order valence-corrected chi connectivity index (χ0v) is 8.63. The highest BCUT2D eigenvalue weighted by molar-refractivity contribution is 6.20. The second-order valence-electron chi connectivity index (χ2n) is 3.54. The van der Waals surface area contributed by atoms with Gasteiger partial charge in [0.15, 0.2) is 5.78 Å². The number of hydrogen-bond donors (Lipinski definition) is 0. The number of carbonyl (C=O) groups is 1. The first-order valence-corrected chi connectivity index (χ1v) is 5.15.